The first-order chi connectivity index (χ1) is 21.7. The van der Waals surface area contributed by atoms with E-state index in [0.29, 0.717) is 71.8 Å². The second kappa shape index (κ2) is 14.2. The fourth-order valence-electron chi connectivity index (χ4n) is 5.56. The number of nitrogens with zero attached hydrogens (tertiary/aromatic N) is 5. The Morgan fingerprint density at radius 2 is 1.70 bits per heavy atom. The van der Waals surface area contributed by atoms with Crippen molar-refractivity contribution in [2.45, 2.75) is 33.9 Å². The van der Waals surface area contributed by atoms with Crippen LogP contribution in [-0.2, 0) is 11.3 Å². The van der Waals surface area contributed by atoms with Crippen LogP contribution in [-0.4, -0.2) is 76.1 Å². The van der Waals surface area contributed by atoms with Gasteiger partial charge in [-0.15, -0.1) is 0 Å². The largest absolute Gasteiger partial charge is 0.353 e. The van der Waals surface area contributed by atoms with Gasteiger partial charge in [0.1, 0.15) is 5.82 Å². The van der Waals surface area contributed by atoms with Crippen molar-refractivity contribution in [1.82, 2.24) is 25.1 Å². The molecule has 2 N–H and O–H groups in total. The van der Waals surface area contributed by atoms with E-state index in [2.05, 4.69) is 20.5 Å². The quantitative estimate of drug-likeness (QED) is 0.259. The molecule has 1 aromatic heterocycles. The molecule has 46 heavy (non-hydrogen) atoms. The molecule has 3 heterocycles. The van der Waals surface area contributed by atoms with E-state index in [1.54, 1.807) is 48.7 Å². The van der Waals surface area contributed by atoms with Crippen molar-refractivity contribution < 1.29 is 14.0 Å². The summed E-state index contributed by atoms with van der Waals surface area (Å²) in [6.07, 6.45) is 1.72. The van der Waals surface area contributed by atoms with Crippen LogP contribution in [0.25, 0.3) is 11.3 Å². The minimum atomic E-state index is -0.364. The molecule has 0 radical (unpaired) electrons. The van der Waals surface area contributed by atoms with Crippen LogP contribution in [0, 0.1) is 5.82 Å². The fraction of sp³-hybridized carbons (Fsp3) is 0.286. The smallest absolute Gasteiger partial charge is 0.253 e. The summed E-state index contributed by atoms with van der Waals surface area (Å²) < 4.78 is 14.8. The van der Waals surface area contributed by atoms with E-state index in [1.165, 1.54) is 6.07 Å². The van der Waals surface area contributed by atoms with E-state index in [9.17, 15) is 14.0 Å². The molecule has 1 fully saturated rings. The summed E-state index contributed by atoms with van der Waals surface area (Å²) >= 11 is 6.37. The Kier molecular flexibility index (Phi) is 10.1. The third-order valence-electron chi connectivity index (χ3n) is 7.76. The average molecular weight is 642 g/mol. The molecule has 0 bridgehead atoms. The van der Waals surface area contributed by atoms with Crippen LogP contribution < -0.4 is 10.6 Å². The van der Waals surface area contributed by atoms with Gasteiger partial charge in [0.2, 0.25) is 11.9 Å². The summed E-state index contributed by atoms with van der Waals surface area (Å²) in [5.41, 5.74) is 5.17. The first-order valence-electron chi connectivity index (χ1n) is 14.9. The van der Waals surface area contributed by atoms with E-state index < -0.39 is 0 Å². The molecule has 11 heteroatoms. The van der Waals surface area contributed by atoms with Crippen molar-refractivity contribution in [3.8, 4) is 11.3 Å². The Morgan fingerprint density at radius 3 is 2.41 bits per heavy atom. The lowest BCUT2D eigenvalue weighted by atomic mass is 9.95. The number of anilines is 2. The zero-order valence-corrected chi connectivity index (χ0v) is 25.8. The fourth-order valence-corrected chi connectivity index (χ4v) is 5.73. The third kappa shape index (κ3) is 7.24. The van der Waals surface area contributed by atoms with Crippen molar-refractivity contribution in [3.63, 3.8) is 0 Å². The van der Waals surface area contributed by atoms with Crippen molar-refractivity contribution in [1.29, 1.82) is 0 Å². The zero-order chi connectivity index (χ0) is 31.5. The second-order valence-electron chi connectivity index (χ2n) is 11.4. The molecular weight excluding hydrogens is 605 g/mol. The Balaban J connectivity index is 0.00000417. The van der Waals surface area contributed by atoms with Gasteiger partial charge in [0.05, 0.1) is 24.5 Å². The summed E-state index contributed by atoms with van der Waals surface area (Å²) in [4.78, 5) is 43.2. The van der Waals surface area contributed by atoms with Crippen molar-refractivity contribution in [2.24, 2.45) is 4.99 Å². The lowest BCUT2D eigenvalue weighted by Gasteiger charge is -2.34. The molecule has 3 aromatic carbocycles. The molecule has 4 aromatic rings. The minimum Gasteiger partial charge on any atom is -0.353 e. The van der Waals surface area contributed by atoms with Crippen molar-refractivity contribution in [2.75, 3.05) is 38.0 Å². The maximum atomic E-state index is 14.8. The lowest BCUT2D eigenvalue weighted by Crippen LogP contribution is -2.51. The molecular formula is C35H37ClFN7O2. The molecule has 6 rings (SSSR count). The van der Waals surface area contributed by atoms with Gasteiger partial charge in [-0.25, -0.2) is 14.4 Å². The number of piperazine rings is 1. The van der Waals surface area contributed by atoms with Crippen LogP contribution in [0.3, 0.4) is 0 Å². The predicted molar refractivity (Wildman–Crippen MR) is 180 cm³/mol. The number of hydrogen-bond acceptors (Lipinski definition) is 7. The maximum Gasteiger partial charge on any atom is 0.253 e. The zero-order valence-electron chi connectivity index (χ0n) is 25.1. The summed E-state index contributed by atoms with van der Waals surface area (Å²) in [6.45, 7) is 6.91. The first kappa shape index (κ1) is 32.7. The molecule has 2 aliphatic heterocycles. The topological polar surface area (TPSA) is 103 Å². The molecule has 2 amide bonds. The molecule has 238 valence electrons. The normalized spacial score (nSPS) is 14.4. The highest BCUT2D eigenvalue weighted by Crippen LogP contribution is 2.34. The number of aromatic nitrogens is 2. The highest BCUT2D eigenvalue weighted by atomic mass is 35.5. The number of carbonyl (C=O) groups excluding carboxylic acids is 2. The monoisotopic (exact) mass is 641 g/mol. The summed E-state index contributed by atoms with van der Waals surface area (Å²) in [7, 11) is 0. The summed E-state index contributed by atoms with van der Waals surface area (Å²) in [5.74, 6) is -0.0341. The number of halogens is 2. The molecule has 2 aliphatic rings. The van der Waals surface area contributed by atoms with E-state index in [-0.39, 0.29) is 37.6 Å². The molecule has 0 aliphatic carbocycles. The van der Waals surface area contributed by atoms with Crippen LogP contribution in [0.2, 0.25) is 5.02 Å². The van der Waals surface area contributed by atoms with Crippen LogP contribution in [0.15, 0.2) is 77.9 Å². The van der Waals surface area contributed by atoms with Crippen LogP contribution >= 0.6 is 11.6 Å². The number of amides is 2. The standard InChI is InChI=1S/C34H33ClFN7O2.CH4/c1-21(2)39-30(44)20-42-13-15-43(16-14-42)33(45)22-7-10-25(11-8-22)40-34-38-19-23-18-37-32(27-5-3-4-6-29(27)36)28-17-24(35)9-12-26(28)31(23)41-34;/h3-12,17,19,21H,13-16,18,20H2,1-2H3,(H,39,44)(H,38,40,41);1H4. The van der Waals surface area contributed by atoms with Gasteiger partial charge >= 0.3 is 0 Å². The third-order valence-corrected chi connectivity index (χ3v) is 7.99. The number of nitrogens with one attached hydrogen (secondary N) is 2. The van der Waals surface area contributed by atoms with E-state index >= 15 is 0 Å². The van der Waals surface area contributed by atoms with Crippen molar-refractivity contribution in [3.05, 3.63) is 106 Å². The molecule has 0 saturated carbocycles. The highest BCUT2D eigenvalue weighted by molar-refractivity contribution is 6.31. The molecule has 0 atom stereocenters. The van der Waals surface area contributed by atoms with Gasteiger partial charge in [-0.05, 0) is 62.4 Å². The second-order valence-corrected chi connectivity index (χ2v) is 11.8. The SMILES string of the molecule is C.CC(C)NC(=O)CN1CCN(C(=O)c2ccc(Nc3ncc4c(n3)-c3ccc(Cl)cc3C(c3ccccc3F)=NC4)cc2)CC1. The first-order valence-corrected chi connectivity index (χ1v) is 15.3. The maximum absolute atomic E-state index is 14.8. The number of rotatable bonds is 7. The van der Waals surface area contributed by atoms with Crippen LogP contribution in [0.1, 0.15) is 48.3 Å². The Hall–Kier alpha value is -4.67. The summed E-state index contributed by atoms with van der Waals surface area (Å²) in [6, 6.07) is 19.3. The van der Waals surface area contributed by atoms with Gasteiger partial charge < -0.3 is 15.5 Å². The number of hydrogen-bond donors (Lipinski definition) is 2. The highest BCUT2D eigenvalue weighted by Gasteiger charge is 2.25. The summed E-state index contributed by atoms with van der Waals surface area (Å²) in [5, 5.41) is 6.66. The average Bonchev–Trinajstić information content (AvgIpc) is 3.17. The van der Waals surface area contributed by atoms with E-state index in [0.717, 1.165) is 16.8 Å². The van der Waals surface area contributed by atoms with Gasteiger partial charge in [-0.1, -0.05) is 37.2 Å². The van der Waals surface area contributed by atoms with Gasteiger partial charge in [-0.2, -0.15) is 0 Å². The lowest BCUT2D eigenvalue weighted by molar-refractivity contribution is -0.123. The van der Waals surface area contributed by atoms with E-state index in [1.807, 2.05) is 36.9 Å². The Labute approximate surface area is 273 Å². The number of benzene rings is 3. The number of fused-ring (bicyclic) bond motifs is 3. The molecule has 0 spiro atoms. The van der Waals surface area contributed by atoms with Gasteiger partial charge in [-0.3, -0.25) is 19.5 Å². The predicted octanol–water partition coefficient (Wildman–Crippen LogP) is 5.95. The molecule has 1 saturated heterocycles. The Bertz CT molecular complexity index is 1770. The number of aliphatic imine (C=N–C) groups is 1. The van der Waals surface area contributed by atoms with Gasteiger partial charge in [0.15, 0.2) is 0 Å². The van der Waals surface area contributed by atoms with E-state index in [4.69, 9.17) is 21.6 Å². The van der Waals surface area contributed by atoms with Crippen molar-refractivity contribution >= 4 is 40.8 Å². The minimum absolute atomic E-state index is 0. The van der Waals surface area contributed by atoms with Crippen LogP contribution in [0.5, 0.6) is 0 Å². The molecule has 0 unspecified atom stereocenters. The number of carbonyl (C=O) groups is 2. The Morgan fingerprint density at radius 1 is 0.957 bits per heavy atom. The van der Waals surface area contributed by atoms with Gasteiger partial charge in [0.25, 0.3) is 5.91 Å². The van der Waals surface area contributed by atoms with Crippen LogP contribution in [0.4, 0.5) is 16.0 Å². The van der Waals surface area contributed by atoms with Gasteiger partial charge in [0, 0.05) is 76.9 Å². The molecule has 9 nitrogen and oxygen atoms in total.